The second-order valence-corrected chi connectivity index (χ2v) is 8.01. The SMILES string of the molecule is CC(=O)OCCOC(=O)c1ccc(OC(=O)C(C)(C)CC(C)(C)C)cc1. The number of carbonyl (C=O) groups is 3. The molecule has 0 saturated heterocycles. The smallest absolute Gasteiger partial charge is 0.338 e. The first kappa shape index (κ1) is 21.7. The van der Waals surface area contributed by atoms with Crippen molar-refractivity contribution < 1.29 is 28.6 Å². The highest BCUT2D eigenvalue weighted by atomic mass is 16.6. The van der Waals surface area contributed by atoms with Crippen LogP contribution in [0.25, 0.3) is 0 Å². The van der Waals surface area contributed by atoms with Crippen LogP contribution < -0.4 is 4.74 Å². The molecule has 144 valence electrons. The van der Waals surface area contributed by atoms with E-state index in [2.05, 4.69) is 25.5 Å². The molecule has 0 aliphatic carbocycles. The standard InChI is InChI=1S/C20H28O6/c1-14(21)24-11-12-25-17(22)15-7-9-16(10-8-15)26-18(23)20(5,6)13-19(2,3)4/h7-10H,11-13H2,1-6H3. The first-order valence-electron chi connectivity index (χ1n) is 8.53. The highest BCUT2D eigenvalue weighted by Crippen LogP contribution is 2.34. The minimum Gasteiger partial charge on any atom is -0.462 e. The van der Waals surface area contributed by atoms with Gasteiger partial charge in [-0.15, -0.1) is 0 Å². The average Bonchev–Trinajstić information content (AvgIpc) is 2.49. The summed E-state index contributed by atoms with van der Waals surface area (Å²) in [5.41, 5.74) is -0.295. The molecule has 0 atom stereocenters. The van der Waals surface area contributed by atoms with E-state index in [0.29, 0.717) is 17.7 Å². The molecule has 0 spiro atoms. The van der Waals surface area contributed by atoms with Gasteiger partial charge in [0.25, 0.3) is 0 Å². The predicted octanol–water partition coefficient (Wildman–Crippen LogP) is 3.77. The lowest BCUT2D eigenvalue weighted by molar-refractivity contribution is -0.145. The van der Waals surface area contributed by atoms with Crippen LogP contribution in [0.3, 0.4) is 0 Å². The topological polar surface area (TPSA) is 78.9 Å². The Morgan fingerprint density at radius 3 is 1.92 bits per heavy atom. The van der Waals surface area contributed by atoms with E-state index in [1.54, 1.807) is 12.1 Å². The predicted molar refractivity (Wildman–Crippen MR) is 96.8 cm³/mol. The molecule has 0 saturated carbocycles. The molecule has 0 aliphatic rings. The van der Waals surface area contributed by atoms with Crippen LogP contribution in [0.15, 0.2) is 24.3 Å². The molecule has 0 N–H and O–H groups in total. The minimum absolute atomic E-state index is 0.00222. The Bertz CT molecular complexity index is 637. The van der Waals surface area contributed by atoms with E-state index < -0.39 is 17.4 Å². The molecule has 1 aromatic carbocycles. The lowest BCUT2D eigenvalue weighted by Gasteiger charge is -2.30. The summed E-state index contributed by atoms with van der Waals surface area (Å²) in [7, 11) is 0. The van der Waals surface area contributed by atoms with Crippen molar-refractivity contribution in [3.63, 3.8) is 0 Å². The Morgan fingerprint density at radius 1 is 0.885 bits per heavy atom. The van der Waals surface area contributed by atoms with E-state index in [1.165, 1.54) is 19.1 Å². The molecule has 0 unspecified atom stereocenters. The van der Waals surface area contributed by atoms with E-state index >= 15 is 0 Å². The molecule has 0 heterocycles. The summed E-state index contributed by atoms with van der Waals surface area (Å²) in [5, 5.41) is 0. The van der Waals surface area contributed by atoms with Gasteiger partial charge in [0.05, 0.1) is 11.0 Å². The van der Waals surface area contributed by atoms with Crippen LogP contribution in [0.2, 0.25) is 0 Å². The van der Waals surface area contributed by atoms with Gasteiger partial charge >= 0.3 is 17.9 Å². The van der Waals surface area contributed by atoms with Gasteiger partial charge in [-0.2, -0.15) is 0 Å². The average molecular weight is 364 g/mol. The van der Waals surface area contributed by atoms with Gasteiger partial charge in [0.2, 0.25) is 0 Å². The van der Waals surface area contributed by atoms with Crippen LogP contribution >= 0.6 is 0 Å². The fourth-order valence-electron chi connectivity index (χ4n) is 2.71. The number of esters is 3. The molecular formula is C20H28O6. The molecule has 6 nitrogen and oxygen atoms in total. The van der Waals surface area contributed by atoms with Gasteiger partial charge in [0, 0.05) is 6.92 Å². The Balaban J connectivity index is 2.60. The maximum Gasteiger partial charge on any atom is 0.338 e. The molecule has 0 fully saturated rings. The van der Waals surface area contributed by atoms with Crippen molar-refractivity contribution in [3.05, 3.63) is 29.8 Å². The third kappa shape index (κ3) is 7.68. The Hall–Kier alpha value is -2.37. The van der Waals surface area contributed by atoms with E-state index in [1.807, 2.05) is 13.8 Å². The second kappa shape index (κ2) is 8.83. The summed E-state index contributed by atoms with van der Waals surface area (Å²) in [6, 6.07) is 6.14. The number of hydrogen-bond donors (Lipinski definition) is 0. The maximum absolute atomic E-state index is 12.4. The Morgan fingerprint density at radius 2 is 1.42 bits per heavy atom. The fraction of sp³-hybridized carbons (Fsp3) is 0.550. The van der Waals surface area contributed by atoms with Crippen molar-refractivity contribution >= 4 is 17.9 Å². The van der Waals surface area contributed by atoms with Crippen LogP contribution in [0.5, 0.6) is 5.75 Å². The van der Waals surface area contributed by atoms with E-state index in [9.17, 15) is 14.4 Å². The molecule has 6 heteroatoms. The number of hydrogen-bond acceptors (Lipinski definition) is 6. The van der Waals surface area contributed by atoms with E-state index in [0.717, 1.165) is 0 Å². The quantitative estimate of drug-likeness (QED) is 0.416. The molecule has 0 bridgehead atoms. The number of ether oxygens (including phenoxy) is 3. The highest BCUT2D eigenvalue weighted by molar-refractivity contribution is 5.89. The zero-order valence-corrected chi connectivity index (χ0v) is 16.4. The summed E-state index contributed by atoms with van der Waals surface area (Å²) in [4.78, 5) is 34.9. The van der Waals surface area contributed by atoms with Gasteiger partial charge in [0.1, 0.15) is 19.0 Å². The lowest BCUT2D eigenvalue weighted by Crippen LogP contribution is -2.33. The minimum atomic E-state index is -0.618. The number of benzene rings is 1. The molecule has 0 aromatic heterocycles. The molecule has 1 rings (SSSR count). The van der Waals surface area contributed by atoms with Gasteiger partial charge in [0.15, 0.2) is 0 Å². The summed E-state index contributed by atoms with van der Waals surface area (Å²) >= 11 is 0. The molecule has 26 heavy (non-hydrogen) atoms. The first-order chi connectivity index (χ1) is 11.9. The van der Waals surface area contributed by atoms with Crippen LogP contribution in [-0.2, 0) is 19.1 Å². The molecule has 0 radical (unpaired) electrons. The maximum atomic E-state index is 12.4. The Labute approximate surface area is 154 Å². The number of rotatable bonds is 7. The van der Waals surface area contributed by atoms with Crippen LogP contribution in [0, 0.1) is 10.8 Å². The van der Waals surface area contributed by atoms with Crippen molar-refractivity contribution in [1.82, 2.24) is 0 Å². The van der Waals surface area contributed by atoms with Gasteiger partial charge in [-0.3, -0.25) is 9.59 Å². The van der Waals surface area contributed by atoms with Gasteiger partial charge in [-0.25, -0.2) is 4.79 Å². The van der Waals surface area contributed by atoms with Crippen molar-refractivity contribution in [1.29, 1.82) is 0 Å². The van der Waals surface area contributed by atoms with Crippen molar-refractivity contribution in [2.45, 2.75) is 48.0 Å². The second-order valence-electron chi connectivity index (χ2n) is 8.01. The van der Waals surface area contributed by atoms with Crippen molar-refractivity contribution in [3.8, 4) is 5.75 Å². The third-order valence-corrected chi connectivity index (χ3v) is 3.45. The molecular weight excluding hydrogens is 336 g/mol. The molecule has 0 aliphatic heterocycles. The van der Waals surface area contributed by atoms with E-state index in [-0.39, 0.29) is 24.6 Å². The summed E-state index contributed by atoms with van der Waals surface area (Å²) < 4.78 is 15.1. The lowest BCUT2D eigenvalue weighted by atomic mass is 9.76. The van der Waals surface area contributed by atoms with Gasteiger partial charge < -0.3 is 14.2 Å². The monoisotopic (exact) mass is 364 g/mol. The van der Waals surface area contributed by atoms with Crippen LogP contribution in [-0.4, -0.2) is 31.1 Å². The molecule has 0 amide bonds. The first-order valence-corrected chi connectivity index (χ1v) is 8.53. The fourth-order valence-corrected chi connectivity index (χ4v) is 2.71. The molecule has 1 aromatic rings. The summed E-state index contributed by atoms with van der Waals surface area (Å²) in [5.74, 6) is -0.915. The van der Waals surface area contributed by atoms with Crippen LogP contribution in [0.1, 0.15) is 58.3 Å². The highest BCUT2D eigenvalue weighted by Gasteiger charge is 2.34. The normalized spacial score (nSPS) is 11.6. The largest absolute Gasteiger partial charge is 0.462 e. The third-order valence-electron chi connectivity index (χ3n) is 3.45. The van der Waals surface area contributed by atoms with Crippen LogP contribution in [0.4, 0.5) is 0 Å². The summed E-state index contributed by atoms with van der Waals surface area (Å²) in [6.07, 6.45) is 0.686. The zero-order valence-electron chi connectivity index (χ0n) is 16.4. The van der Waals surface area contributed by atoms with Crippen molar-refractivity contribution in [2.24, 2.45) is 10.8 Å². The zero-order chi connectivity index (χ0) is 20.0. The van der Waals surface area contributed by atoms with Gasteiger partial charge in [-0.05, 0) is 49.9 Å². The Kier molecular flexibility index (Phi) is 7.36. The number of carbonyl (C=O) groups excluding carboxylic acids is 3. The van der Waals surface area contributed by atoms with E-state index in [4.69, 9.17) is 9.47 Å². The summed E-state index contributed by atoms with van der Waals surface area (Å²) in [6.45, 7) is 11.2. The van der Waals surface area contributed by atoms with Crippen molar-refractivity contribution in [2.75, 3.05) is 13.2 Å². The van der Waals surface area contributed by atoms with Gasteiger partial charge in [-0.1, -0.05) is 20.8 Å².